The Labute approximate surface area is 124 Å². The fourth-order valence-corrected chi connectivity index (χ4v) is 5.17. The smallest absolute Gasteiger partial charge is 0.244 e. The molecule has 0 atom stereocenters. The number of nitrogens with one attached hydrogen (secondary N) is 1. The topological polar surface area (TPSA) is 52.7 Å². The number of thiophene rings is 1. The van der Waals surface area contributed by atoms with Crippen molar-refractivity contribution in [1.29, 1.82) is 0 Å². The minimum Gasteiger partial charge on any atom is -0.309 e. The molecule has 1 N–H and O–H groups in total. The monoisotopic (exact) mass is 315 g/mol. The van der Waals surface area contributed by atoms with Gasteiger partial charge in [-0.05, 0) is 31.3 Å². The third-order valence-corrected chi connectivity index (χ3v) is 6.95. The number of rotatable bonds is 5. The van der Waals surface area contributed by atoms with E-state index < -0.39 is 10.0 Å². The molecule has 1 aliphatic carbocycles. The van der Waals surface area contributed by atoms with Crippen molar-refractivity contribution >= 4 is 21.4 Å². The van der Waals surface area contributed by atoms with Crippen LogP contribution in [0.25, 0.3) is 0 Å². The molecule has 20 heavy (non-hydrogen) atoms. The molecule has 7 heteroatoms. The zero-order valence-electron chi connectivity index (χ0n) is 11.7. The summed E-state index contributed by atoms with van der Waals surface area (Å²) < 4.78 is 27.1. The highest BCUT2D eigenvalue weighted by Gasteiger charge is 2.30. The zero-order chi connectivity index (χ0) is 14.2. The first-order valence-electron chi connectivity index (χ1n) is 7.06. The summed E-state index contributed by atoms with van der Waals surface area (Å²) in [7, 11) is -1.30. The first-order valence-corrected chi connectivity index (χ1v) is 9.38. The van der Waals surface area contributed by atoms with Crippen molar-refractivity contribution in [3.63, 3.8) is 0 Å². The van der Waals surface area contributed by atoms with Crippen LogP contribution in [-0.2, 0) is 16.6 Å². The number of hydrogen-bond donors (Lipinski definition) is 1. The van der Waals surface area contributed by atoms with Crippen LogP contribution >= 0.6 is 11.3 Å². The normalized spacial score (nSPS) is 22.2. The Balaban J connectivity index is 1.74. The van der Waals surface area contributed by atoms with Crippen molar-refractivity contribution in [3.05, 3.63) is 16.3 Å². The standard InChI is InChI=1S/C13H21N3O2S2/c1-15-5-7-16(8-6-15)20(17,18)13-4-9-19-12(13)10-14-11-2-3-11/h4,9,11,14H,2-3,5-8,10H2,1H3. The fraction of sp³-hybridized carbons (Fsp3) is 0.692. The Kier molecular flexibility index (Phi) is 4.14. The van der Waals surface area contributed by atoms with E-state index >= 15 is 0 Å². The molecule has 0 amide bonds. The lowest BCUT2D eigenvalue weighted by Gasteiger charge is -2.31. The zero-order valence-corrected chi connectivity index (χ0v) is 13.3. The van der Waals surface area contributed by atoms with E-state index in [-0.39, 0.29) is 0 Å². The van der Waals surface area contributed by atoms with Crippen molar-refractivity contribution in [2.24, 2.45) is 0 Å². The van der Waals surface area contributed by atoms with Crippen molar-refractivity contribution in [2.75, 3.05) is 33.2 Å². The third-order valence-electron chi connectivity index (χ3n) is 3.91. The van der Waals surface area contributed by atoms with Gasteiger partial charge < -0.3 is 10.2 Å². The van der Waals surface area contributed by atoms with Crippen LogP contribution in [0.4, 0.5) is 0 Å². The van der Waals surface area contributed by atoms with Gasteiger partial charge in [-0.3, -0.25) is 0 Å². The van der Waals surface area contributed by atoms with E-state index in [2.05, 4.69) is 10.2 Å². The molecule has 2 aliphatic rings. The third kappa shape index (κ3) is 3.07. The first kappa shape index (κ1) is 14.5. The molecule has 1 aromatic rings. The van der Waals surface area contributed by atoms with Crippen LogP contribution in [0.2, 0.25) is 0 Å². The second kappa shape index (κ2) is 5.73. The Hall–Kier alpha value is -0.470. The SMILES string of the molecule is CN1CCN(S(=O)(=O)c2ccsc2CNC2CC2)CC1. The summed E-state index contributed by atoms with van der Waals surface area (Å²) >= 11 is 1.53. The molecule has 5 nitrogen and oxygen atoms in total. The fourth-order valence-electron chi connectivity index (χ4n) is 2.38. The summed E-state index contributed by atoms with van der Waals surface area (Å²) in [4.78, 5) is 3.60. The average Bonchev–Trinajstić information content (AvgIpc) is 3.13. The molecule has 0 bridgehead atoms. The van der Waals surface area contributed by atoms with Crippen LogP contribution in [0.5, 0.6) is 0 Å². The molecule has 0 spiro atoms. The van der Waals surface area contributed by atoms with Crippen molar-refractivity contribution in [3.8, 4) is 0 Å². The molecule has 112 valence electrons. The van der Waals surface area contributed by atoms with Gasteiger partial charge in [0.05, 0.1) is 4.90 Å². The van der Waals surface area contributed by atoms with E-state index in [1.165, 1.54) is 24.2 Å². The van der Waals surface area contributed by atoms with Gasteiger partial charge in [0, 0.05) is 43.6 Å². The molecule has 3 rings (SSSR count). The quantitative estimate of drug-likeness (QED) is 0.878. The molecular weight excluding hydrogens is 294 g/mol. The maximum atomic E-state index is 12.7. The Morgan fingerprint density at radius 3 is 2.65 bits per heavy atom. The molecule has 0 radical (unpaired) electrons. The van der Waals surface area contributed by atoms with Crippen molar-refractivity contribution in [2.45, 2.75) is 30.3 Å². The van der Waals surface area contributed by atoms with Crippen molar-refractivity contribution < 1.29 is 8.42 Å². The van der Waals surface area contributed by atoms with Crippen LogP contribution in [0.3, 0.4) is 0 Å². The first-order chi connectivity index (χ1) is 9.57. The minimum absolute atomic E-state index is 0.500. The Morgan fingerprint density at radius 2 is 2.00 bits per heavy atom. The maximum absolute atomic E-state index is 12.7. The van der Waals surface area contributed by atoms with Gasteiger partial charge in [-0.15, -0.1) is 11.3 Å². The van der Waals surface area contributed by atoms with E-state index in [1.54, 1.807) is 10.4 Å². The van der Waals surface area contributed by atoms with Crippen LogP contribution in [0.1, 0.15) is 17.7 Å². The maximum Gasteiger partial charge on any atom is 0.244 e. The summed E-state index contributed by atoms with van der Waals surface area (Å²) in [6, 6.07) is 2.35. The molecule has 0 unspecified atom stereocenters. The van der Waals surface area contributed by atoms with Gasteiger partial charge in [-0.1, -0.05) is 0 Å². The van der Waals surface area contributed by atoms with E-state index in [9.17, 15) is 8.42 Å². The Bertz CT molecular complexity index is 558. The number of likely N-dealkylation sites (N-methyl/N-ethyl adjacent to an activating group) is 1. The highest BCUT2D eigenvalue weighted by molar-refractivity contribution is 7.89. The largest absolute Gasteiger partial charge is 0.309 e. The molecular formula is C13H21N3O2S2. The summed E-state index contributed by atoms with van der Waals surface area (Å²) in [5.74, 6) is 0. The van der Waals surface area contributed by atoms with Gasteiger partial charge in [0.1, 0.15) is 0 Å². The lowest BCUT2D eigenvalue weighted by atomic mass is 10.4. The van der Waals surface area contributed by atoms with Crippen LogP contribution < -0.4 is 5.32 Å². The summed E-state index contributed by atoms with van der Waals surface area (Å²) in [6.45, 7) is 3.46. The predicted molar refractivity (Wildman–Crippen MR) is 80.4 cm³/mol. The predicted octanol–water partition coefficient (Wildman–Crippen LogP) is 0.936. The van der Waals surface area contributed by atoms with Gasteiger partial charge in [0.25, 0.3) is 0 Å². The molecule has 2 fully saturated rings. The molecule has 2 heterocycles. The van der Waals surface area contributed by atoms with Crippen molar-refractivity contribution in [1.82, 2.24) is 14.5 Å². The molecule has 1 saturated carbocycles. The number of piperazine rings is 1. The Morgan fingerprint density at radius 1 is 1.30 bits per heavy atom. The van der Waals surface area contributed by atoms with Gasteiger partial charge in [0.15, 0.2) is 0 Å². The second-order valence-corrected chi connectivity index (χ2v) is 8.48. The van der Waals surface area contributed by atoms with Crippen LogP contribution in [0.15, 0.2) is 16.3 Å². The molecule has 1 aromatic heterocycles. The molecule has 0 aromatic carbocycles. The number of nitrogens with zero attached hydrogens (tertiary/aromatic N) is 2. The van der Waals surface area contributed by atoms with E-state index in [0.29, 0.717) is 30.6 Å². The van der Waals surface area contributed by atoms with Gasteiger partial charge in [0.2, 0.25) is 10.0 Å². The van der Waals surface area contributed by atoms with Gasteiger partial charge >= 0.3 is 0 Å². The van der Waals surface area contributed by atoms with Crippen LogP contribution in [-0.4, -0.2) is 56.9 Å². The summed E-state index contributed by atoms with van der Waals surface area (Å²) in [5.41, 5.74) is 0. The minimum atomic E-state index is -3.32. The van der Waals surface area contributed by atoms with E-state index in [0.717, 1.165) is 18.0 Å². The number of hydrogen-bond acceptors (Lipinski definition) is 5. The van der Waals surface area contributed by atoms with Crippen LogP contribution in [0, 0.1) is 0 Å². The molecule has 1 saturated heterocycles. The van der Waals surface area contributed by atoms with E-state index in [4.69, 9.17) is 0 Å². The molecule has 1 aliphatic heterocycles. The highest BCUT2D eigenvalue weighted by atomic mass is 32.2. The lowest BCUT2D eigenvalue weighted by molar-refractivity contribution is 0.222. The second-order valence-electron chi connectivity index (χ2n) is 5.57. The highest BCUT2D eigenvalue weighted by Crippen LogP contribution is 2.27. The van der Waals surface area contributed by atoms with Gasteiger partial charge in [-0.2, -0.15) is 4.31 Å². The average molecular weight is 315 g/mol. The summed E-state index contributed by atoms with van der Waals surface area (Å²) in [5, 5.41) is 5.28. The summed E-state index contributed by atoms with van der Waals surface area (Å²) in [6.07, 6.45) is 2.43. The van der Waals surface area contributed by atoms with Gasteiger partial charge in [-0.25, -0.2) is 8.42 Å². The lowest BCUT2D eigenvalue weighted by Crippen LogP contribution is -2.47. The number of sulfonamides is 1. The van der Waals surface area contributed by atoms with E-state index in [1.807, 2.05) is 12.4 Å².